The average Bonchev–Trinajstić information content (AvgIpc) is 2.45. The molecular formula is C10H17N3. The Kier molecular flexibility index (Phi) is 2.12. The van der Waals surface area contributed by atoms with Crippen molar-refractivity contribution in [2.75, 3.05) is 6.54 Å². The summed E-state index contributed by atoms with van der Waals surface area (Å²) in [4.78, 5) is 0. The van der Waals surface area contributed by atoms with Crippen LogP contribution < -0.4 is 5.32 Å². The molecule has 1 N–H and O–H groups in total. The summed E-state index contributed by atoms with van der Waals surface area (Å²) < 4.78 is 2.02. The monoisotopic (exact) mass is 179 g/mol. The highest BCUT2D eigenvalue weighted by molar-refractivity contribution is 5.30. The first-order valence-corrected chi connectivity index (χ1v) is 4.95. The summed E-state index contributed by atoms with van der Waals surface area (Å²) in [6.07, 6.45) is 1.14. The second kappa shape index (κ2) is 3.14. The molecule has 0 aromatic carbocycles. The Balaban J connectivity index is 2.47. The second-order valence-electron chi connectivity index (χ2n) is 4.02. The topological polar surface area (TPSA) is 29.9 Å². The summed E-state index contributed by atoms with van der Waals surface area (Å²) in [6, 6.07) is 0. The van der Waals surface area contributed by atoms with E-state index in [1.165, 1.54) is 17.0 Å². The number of nitrogens with one attached hydrogen (secondary N) is 1. The molecule has 0 atom stereocenters. The van der Waals surface area contributed by atoms with Gasteiger partial charge in [-0.3, -0.25) is 4.68 Å². The predicted octanol–water partition coefficient (Wildman–Crippen LogP) is 1.19. The molecule has 0 spiro atoms. The van der Waals surface area contributed by atoms with Gasteiger partial charge in [-0.25, -0.2) is 0 Å². The molecule has 2 rings (SSSR count). The molecule has 0 saturated carbocycles. The van der Waals surface area contributed by atoms with Crippen molar-refractivity contribution in [3.63, 3.8) is 0 Å². The first-order valence-electron chi connectivity index (χ1n) is 4.95. The number of fused-ring (bicyclic) bond motifs is 1. The molecule has 2 heterocycles. The van der Waals surface area contributed by atoms with Crippen LogP contribution in [-0.4, -0.2) is 16.3 Å². The van der Waals surface area contributed by atoms with Crippen LogP contribution in [0.1, 0.15) is 36.7 Å². The fourth-order valence-electron chi connectivity index (χ4n) is 2.00. The summed E-state index contributed by atoms with van der Waals surface area (Å²) in [7, 11) is 2.04. The number of aromatic nitrogens is 2. The van der Waals surface area contributed by atoms with Gasteiger partial charge >= 0.3 is 0 Å². The van der Waals surface area contributed by atoms with Gasteiger partial charge in [0.05, 0.1) is 11.4 Å². The number of nitrogens with zero attached hydrogens (tertiary/aromatic N) is 2. The Bertz CT molecular complexity index is 312. The Morgan fingerprint density at radius 3 is 2.92 bits per heavy atom. The number of hydrogen-bond donors (Lipinski definition) is 1. The minimum absolute atomic E-state index is 0.549. The molecule has 3 nitrogen and oxygen atoms in total. The third kappa shape index (κ3) is 1.37. The fourth-order valence-corrected chi connectivity index (χ4v) is 2.00. The molecule has 0 unspecified atom stereocenters. The van der Waals surface area contributed by atoms with Crippen molar-refractivity contribution in [2.45, 2.75) is 32.7 Å². The van der Waals surface area contributed by atoms with Gasteiger partial charge in [0.25, 0.3) is 0 Å². The second-order valence-corrected chi connectivity index (χ2v) is 4.02. The summed E-state index contributed by atoms with van der Waals surface area (Å²) in [5, 5.41) is 7.94. The summed E-state index contributed by atoms with van der Waals surface area (Å²) in [5.41, 5.74) is 4.14. The number of hydrogen-bond acceptors (Lipinski definition) is 2. The summed E-state index contributed by atoms with van der Waals surface area (Å²) >= 11 is 0. The van der Waals surface area contributed by atoms with Crippen molar-refractivity contribution < 1.29 is 0 Å². The molecule has 1 aromatic rings. The van der Waals surface area contributed by atoms with E-state index >= 15 is 0 Å². The normalized spacial score (nSPS) is 16.3. The average molecular weight is 179 g/mol. The molecule has 0 amide bonds. The van der Waals surface area contributed by atoms with Gasteiger partial charge in [0.15, 0.2) is 0 Å². The van der Waals surface area contributed by atoms with E-state index in [1.54, 1.807) is 0 Å². The largest absolute Gasteiger partial charge is 0.311 e. The van der Waals surface area contributed by atoms with E-state index < -0.39 is 0 Å². The Morgan fingerprint density at radius 2 is 2.23 bits per heavy atom. The van der Waals surface area contributed by atoms with Crippen LogP contribution in [0.4, 0.5) is 0 Å². The first kappa shape index (κ1) is 8.75. The molecule has 72 valence electrons. The van der Waals surface area contributed by atoms with Crippen LogP contribution in [0.15, 0.2) is 0 Å². The van der Waals surface area contributed by atoms with Crippen molar-refractivity contribution in [1.82, 2.24) is 15.1 Å². The quantitative estimate of drug-likeness (QED) is 0.701. The van der Waals surface area contributed by atoms with Crippen LogP contribution in [-0.2, 0) is 20.0 Å². The maximum absolute atomic E-state index is 4.57. The van der Waals surface area contributed by atoms with Crippen LogP contribution in [0.2, 0.25) is 0 Å². The van der Waals surface area contributed by atoms with Crippen molar-refractivity contribution in [2.24, 2.45) is 7.05 Å². The minimum Gasteiger partial charge on any atom is -0.311 e. The van der Waals surface area contributed by atoms with Crippen LogP contribution in [0, 0.1) is 0 Å². The molecule has 0 bridgehead atoms. The van der Waals surface area contributed by atoms with Gasteiger partial charge in [-0.2, -0.15) is 5.10 Å². The summed E-state index contributed by atoms with van der Waals surface area (Å²) in [6.45, 7) is 6.50. The standard InChI is InChI=1S/C10H17N3/c1-7(2)10-8-4-5-11-6-9(8)13(3)12-10/h7,11H,4-6H2,1-3H3. The zero-order valence-corrected chi connectivity index (χ0v) is 8.59. The van der Waals surface area contributed by atoms with Gasteiger partial charge in [0.1, 0.15) is 0 Å². The fraction of sp³-hybridized carbons (Fsp3) is 0.700. The zero-order valence-electron chi connectivity index (χ0n) is 8.59. The highest BCUT2D eigenvalue weighted by Crippen LogP contribution is 2.23. The van der Waals surface area contributed by atoms with Gasteiger partial charge in [-0.05, 0) is 24.4 Å². The molecular weight excluding hydrogens is 162 g/mol. The van der Waals surface area contributed by atoms with E-state index in [9.17, 15) is 0 Å². The molecule has 0 fully saturated rings. The van der Waals surface area contributed by atoms with Crippen molar-refractivity contribution in [3.8, 4) is 0 Å². The molecule has 0 radical (unpaired) electrons. The third-order valence-corrected chi connectivity index (χ3v) is 2.70. The van der Waals surface area contributed by atoms with E-state index in [0.717, 1.165) is 19.5 Å². The van der Waals surface area contributed by atoms with E-state index in [-0.39, 0.29) is 0 Å². The van der Waals surface area contributed by atoms with Crippen LogP contribution in [0.5, 0.6) is 0 Å². The minimum atomic E-state index is 0.549. The lowest BCUT2D eigenvalue weighted by Gasteiger charge is -2.14. The van der Waals surface area contributed by atoms with Gasteiger partial charge in [-0.15, -0.1) is 0 Å². The molecule has 0 aliphatic carbocycles. The smallest absolute Gasteiger partial charge is 0.0685 e. The lowest BCUT2D eigenvalue weighted by molar-refractivity contribution is 0.593. The molecule has 1 aliphatic rings. The van der Waals surface area contributed by atoms with E-state index in [2.05, 4.69) is 24.3 Å². The Labute approximate surface area is 79.1 Å². The highest BCUT2D eigenvalue weighted by atomic mass is 15.3. The van der Waals surface area contributed by atoms with Crippen molar-refractivity contribution in [1.29, 1.82) is 0 Å². The highest BCUT2D eigenvalue weighted by Gasteiger charge is 2.20. The lowest BCUT2D eigenvalue weighted by atomic mass is 9.99. The molecule has 3 heteroatoms. The Morgan fingerprint density at radius 1 is 1.46 bits per heavy atom. The zero-order chi connectivity index (χ0) is 9.42. The van der Waals surface area contributed by atoms with Crippen molar-refractivity contribution >= 4 is 0 Å². The van der Waals surface area contributed by atoms with Crippen molar-refractivity contribution in [3.05, 3.63) is 17.0 Å². The maximum Gasteiger partial charge on any atom is 0.0685 e. The first-order chi connectivity index (χ1) is 6.20. The number of aryl methyl sites for hydroxylation is 1. The SMILES string of the molecule is CC(C)c1nn(C)c2c1CCNC2. The van der Waals surface area contributed by atoms with E-state index in [0.29, 0.717) is 5.92 Å². The van der Waals surface area contributed by atoms with Gasteiger partial charge in [0, 0.05) is 13.6 Å². The van der Waals surface area contributed by atoms with E-state index in [1.807, 2.05) is 11.7 Å². The molecule has 13 heavy (non-hydrogen) atoms. The van der Waals surface area contributed by atoms with Gasteiger partial charge < -0.3 is 5.32 Å². The third-order valence-electron chi connectivity index (χ3n) is 2.70. The summed E-state index contributed by atoms with van der Waals surface area (Å²) in [5.74, 6) is 0.549. The van der Waals surface area contributed by atoms with Gasteiger partial charge in [-0.1, -0.05) is 13.8 Å². The molecule has 1 aromatic heterocycles. The molecule has 0 saturated heterocycles. The predicted molar refractivity (Wildman–Crippen MR) is 52.7 cm³/mol. The number of rotatable bonds is 1. The van der Waals surface area contributed by atoms with Gasteiger partial charge in [0.2, 0.25) is 0 Å². The Hall–Kier alpha value is -0.830. The maximum atomic E-state index is 4.57. The lowest BCUT2D eigenvalue weighted by Crippen LogP contribution is -2.25. The van der Waals surface area contributed by atoms with Crippen LogP contribution >= 0.6 is 0 Å². The van der Waals surface area contributed by atoms with E-state index in [4.69, 9.17) is 0 Å². The van der Waals surface area contributed by atoms with Crippen LogP contribution in [0.25, 0.3) is 0 Å². The molecule has 1 aliphatic heterocycles. The van der Waals surface area contributed by atoms with Crippen LogP contribution in [0.3, 0.4) is 0 Å².